The van der Waals surface area contributed by atoms with Gasteiger partial charge in [-0.1, -0.05) is 30.3 Å². The molecule has 0 saturated heterocycles. The van der Waals surface area contributed by atoms with Gasteiger partial charge in [-0.2, -0.15) is 0 Å². The number of halogens is 1. The van der Waals surface area contributed by atoms with Gasteiger partial charge >= 0.3 is 0 Å². The number of fused-ring (bicyclic) bond motifs is 3. The second kappa shape index (κ2) is 5.03. The van der Waals surface area contributed by atoms with E-state index in [-0.39, 0.29) is 11.4 Å². The van der Waals surface area contributed by atoms with Gasteiger partial charge in [-0.3, -0.25) is 4.79 Å². The van der Waals surface area contributed by atoms with Crippen molar-refractivity contribution in [3.63, 3.8) is 0 Å². The molecule has 0 unspecified atom stereocenters. The topological polar surface area (TPSA) is 45.8 Å². The summed E-state index contributed by atoms with van der Waals surface area (Å²) in [5, 5.41) is 0.981. The molecule has 1 N–H and O–H groups in total. The summed E-state index contributed by atoms with van der Waals surface area (Å²) in [6.45, 7) is 0. The van der Waals surface area contributed by atoms with Crippen molar-refractivity contribution in [2.24, 2.45) is 0 Å². The number of rotatable bonds is 2. The molecule has 0 atom stereocenters. The Hall–Kier alpha value is -2.53. The van der Waals surface area contributed by atoms with Crippen LogP contribution in [0.25, 0.3) is 20.3 Å². The van der Waals surface area contributed by atoms with E-state index in [1.807, 2.05) is 30.3 Å². The van der Waals surface area contributed by atoms with Crippen molar-refractivity contribution in [1.82, 2.24) is 9.97 Å². The third-order valence-electron chi connectivity index (χ3n) is 3.54. The Labute approximate surface area is 129 Å². The maximum absolute atomic E-state index is 13.3. The molecule has 0 fully saturated rings. The molecule has 4 rings (SSSR count). The molecule has 108 valence electrons. The van der Waals surface area contributed by atoms with Crippen molar-refractivity contribution < 1.29 is 4.39 Å². The fourth-order valence-electron chi connectivity index (χ4n) is 2.57. The molecule has 0 bridgehead atoms. The van der Waals surface area contributed by atoms with Crippen LogP contribution in [0, 0.1) is 5.82 Å². The number of benzene rings is 2. The van der Waals surface area contributed by atoms with Crippen LogP contribution in [0.2, 0.25) is 0 Å². The first kappa shape index (κ1) is 13.2. The number of nitrogens with one attached hydrogen (secondary N) is 1. The third kappa shape index (κ3) is 2.19. The van der Waals surface area contributed by atoms with E-state index in [1.165, 1.54) is 23.5 Å². The Balaban J connectivity index is 1.88. The molecule has 2 aromatic carbocycles. The first-order chi connectivity index (χ1) is 10.7. The predicted molar refractivity (Wildman–Crippen MR) is 87.0 cm³/mol. The summed E-state index contributed by atoms with van der Waals surface area (Å²) in [4.78, 5) is 19.6. The van der Waals surface area contributed by atoms with E-state index >= 15 is 0 Å². The highest BCUT2D eigenvalue weighted by Crippen LogP contribution is 2.30. The van der Waals surface area contributed by atoms with E-state index < -0.39 is 0 Å². The van der Waals surface area contributed by atoms with Gasteiger partial charge in [0.05, 0.1) is 5.52 Å². The average Bonchev–Trinajstić information content (AvgIpc) is 2.87. The van der Waals surface area contributed by atoms with Crippen LogP contribution in [0.3, 0.4) is 0 Å². The summed E-state index contributed by atoms with van der Waals surface area (Å²) >= 11 is 1.44. The average molecular weight is 310 g/mol. The quantitative estimate of drug-likeness (QED) is 0.611. The highest BCUT2D eigenvalue weighted by atomic mass is 32.1. The summed E-state index contributed by atoms with van der Waals surface area (Å²) < 4.78 is 14.9. The fraction of sp³-hybridized carbons (Fsp3) is 0.0588. The molecule has 0 saturated carbocycles. The second-order valence-corrected chi connectivity index (χ2v) is 6.15. The number of aromatic amines is 1. The number of H-pyrrole nitrogens is 1. The third-order valence-corrected chi connectivity index (χ3v) is 4.70. The molecule has 0 spiro atoms. The Morgan fingerprint density at radius 2 is 2.00 bits per heavy atom. The highest BCUT2D eigenvalue weighted by Gasteiger charge is 2.11. The van der Waals surface area contributed by atoms with Crippen molar-refractivity contribution in [1.29, 1.82) is 0 Å². The normalized spacial score (nSPS) is 11.3. The molecule has 22 heavy (non-hydrogen) atoms. The van der Waals surface area contributed by atoms with Crippen LogP contribution in [-0.2, 0) is 6.42 Å². The van der Waals surface area contributed by atoms with Gasteiger partial charge in [0.1, 0.15) is 16.3 Å². The number of nitrogens with zero attached hydrogens (tertiary/aromatic N) is 1. The molecular weight excluding hydrogens is 299 g/mol. The van der Waals surface area contributed by atoms with Crippen molar-refractivity contribution >= 4 is 31.6 Å². The molecule has 2 heterocycles. The van der Waals surface area contributed by atoms with Crippen LogP contribution in [0.5, 0.6) is 0 Å². The van der Waals surface area contributed by atoms with Gasteiger partial charge in [0.15, 0.2) is 0 Å². The van der Waals surface area contributed by atoms with Crippen LogP contribution in [0.15, 0.2) is 53.3 Å². The molecule has 2 aromatic heterocycles. The standard InChI is InChI=1S/C17H11FN2OS/c18-11-5-3-4-10(8-11)9-14-19-15-12-6-1-2-7-13(12)22-16(15)17(21)20-14/h1-8H,9H2,(H,19,20,21). The summed E-state index contributed by atoms with van der Waals surface area (Å²) in [6, 6.07) is 14.1. The van der Waals surface area contributed by atoms with E-state index in [9.17, 15) is 9.18 Å². The molecule has 0 amide bonds. The minimum absolute atomic E-state index is 0.141. The van der Waals surface area contributed by atoms with Gasteiger partial charge in [0.2, 0.25) is 0 Å². The van der Waals surface area contributed by atoms with Gasteiger partial charge in [-0.05, 0) is 23.8 Å². The lowest BCUT2D eigenvalue weighted by Crippen LogP contribution is -2.10. The maximum Gasteiger partial charge on any atom is 0.268 e. The SMILES string of the molecule is O=c1[nH]c(Cc2cccc(F)c2)nc2c1sc1ccccc12. The summed E-state index contributed by atoms with van der Waals surface area (Å²) in [6.07, 6.45) is 0.396. The minimum Gasteiger partial charge on any atom is -0.309 e. The summed E-state index contributed by atoms with van der Waals surface area (Å²) in [7, 11) is 0. The number of hydrogen-bond donors (Lipinski definition) is 1. The number of thiophene rings is 1. The second-order valence-electron chi connectivity index (χ2n) is 5.10. The molecular formula is C17H11FN2OS. The summed E-state index contributed by atoms with van der Waals surface area (Å²) in [5.74, 6) is 0.258. The molecule has 4 aromatic rings. The zero-order valence-electron chi connectivity index (χ0n) is 11.5. The van der Waals surface area contributed by atoms with Crippen LogP contribution in [-0.4, -0.2) is 9.97 Å². The van der Waals surface area contributed by atoms with Gasteiger partial charge in [0.25, 0.3) is 5.56 Å². The predicted octanol–water partition coefficient (Wildman–Crippen LogP) is 3.87. The Morgan fingerprint density at radius 3 is 2.86 bits per heavy atom. The first-order valence-corrected chi connectivity index (χ1v) is 7.67. The lowest BCUT2D eigenvalue weighted by atomic mass is 10.1. The van der Waals surface area contributed by atoms with E-state index in [4.69, 9.17) is 0 Å². The van der Waals surface area contributed by atoms with E-state index in [1.54, 1.807) is 6.07 Å². The first-order valence-electron chi connectivity index (χ1n) is 6.85. The van der Waals surface area contributed by atoms with Crippen molar-refractivity contribution in [3.05, 3.63) is 76.1 Å². The van der Waals surface area contributed by atoms with Crippen LogP contribution in [0.1, 0.15) is 11.4 Å². The van der Waals surface area contributed by atoms with E-state index in [0.717, 1.165) is 21.2 Å². The zero-order valence-corrected chi connectivity index (χ0v) is 12.3. The zero-order chi connectivity index (χ0) is 15.1. The molecule has 0 aliphatic heterocycles. The molecule has 0 radical (unpaired) electrons. The number of aromatic nitrogens is 2. The van der Waals surface area contributed by atoms with Crippen LogP contribution >= 0.6 is 11.3 Å². The van der Waals surface area contributed by atoms with Crippen molar-refractivity contribution in [2.45, 2.75) is 6.42 Å². The van der Waals surface area contributed by atoms with Crippen LogP contribution < -0.4 is 5.56 Å². The Morgan fingerprint density at radius 1 is 1.14 bits per heavy atom. The molecule has 0 aliphatic carbocycles. The lowest BCUT2D eigenvalue weighted by Gasteiger charge is -2.02. The molecule has 0 aliphatic rings. The van der Waals surface area contributed by atoms with Gasteiger partial charge in [0, 0.05) is 16.5 Å². The smallest absolute Gasteiger partial charge is 0.268 e. The van der Waals surface area contributed by atoms with Crippen molar-refractivity contribution in [3.8, 4) is 0 Å². The maximum atomic E-state index is 13.3. The van der Waals surface area contributed by atoms with Gasteiger partial charge < -0.3 is 4.98 Å². The van der Waals surface area contributed by atoms with E-state index in [0.29, 0.717) is 16.9 Å². The monoisotopic (exact) mass is 310 g/mol. The largest absolute Gasteiger partial charge is 0.309 e. The highest BCUT2D eigenvalue weighted by molar-refractivity contribution is 7.25. The van der Waals surface area contributed by atoms with E-state index in [2.05, 4.69) is 9.97 Å². The molecule has 3 nitrogen and oxygen atoms in total. The Bertz CT molecular complexity index is 1050. The fourth-order valence-corrected chi connectivity index (χ4v) is 3.61. The van der Waals surface area contributed by atoms with Crippen molar-refractivity contribution in [2.75, 3.05) is 0 Å². The van der Waals surface area contributed by atoms with Crippen LogP contribution in [0.4, 0.5) is 4.39 Å². The molecule has 5 heteroatoms. The van der Waals surface area contributed by atoms with Gasteiger partial charge in [-0.15, -0.1) is 11.3 Å². The summed E-state index contributed by atoms with van der Waals surface area (Å²) in [5.41, 5.74) is 1.36. The van der Waals surface area contributed by atoms with Gasteiger partial charge in [-0.25, -0.2) is 9.37 Å². The Kier molecular flexibility index (Phi) is 3.01. The minimum atomic E-state index is -0.290. The lowest BCUT2D eigenvalue weighted by molar-refractivity contribution is 0.626. The number of hydrogen-bond acceptors (Lipinski definition) is 3.